The summed E-state index contributed by atoms with van der Waals surface area (Å²) in [5.74, 6) is -1.97. The molecule has 282 valence electrons. The average Bonchev–Trinajstić information content (AvgIpc) is 3.92. The summed E-state index contributed by atoms with van der Waals surface area (Å²) < 4.78 is 4.77. The van der Waals surface area contributed by atoms with E-state index in [4.69, 9.17) is 4.74 Å². The van der Waals surface area contributed by atoms with E-state index in [0.29, 0.717) is 33.9 Å². The molecule has 0 saturated heterocycles. The highest BCUT2D eigenvalue weighted by molar-refractivity contribution is 7.17. The fraction of sp³-hybridized carbons (Fsp3) is 0.372. The number of benzene rings is 3. The summed E-state index contributed by atoms with van der Waals surface area (Å²) >= 11 is 1.46. The molecule has 6 rings (SSSR count). The van der Waals surface area contributed by atoms with Gasteiger partial charge in [0, 0.05) is 35.1 Å². The van der Waals surface area contributed by atoms with Crippen LogP contribution in [0.1, 0.15) is 111 Å². The van der Waals surface area contributed by atoms with Crippen LogP contribution in [0.15, 0.2) is 72.8 Å². The van der Waals surface area contributed by atoms with Gasteiger partial charge in [-0.1, -0.05) is 50.2 Å². The first-order valence-electron chi connectivity index (χ1n) is 18.5. The first kappa shape index (κ1) is 38.4. The number of nitrogens with zero attached hydrogens (tertiary/aromatic N) is 1. The second-order valence-corrected chi connectivity index (χ2v) is 16.2. The average molecular weight is 750 g/mol. The molecule has 1 aromatic heterocycles. The molecule has 1 saturated carbocycles. The van der Waals surface area contributed by atoms with Crippen LogP contribution in [0, 0.1) is 5.41 Å². The van der Waals surface area contributed by atoms with Gasteiger partial charge in [0.15, 0.2) is 0 Å². The molecule has 0 radical (unpaired) electrons. The Balaban J connectivity index is 1.11. The van der Waals surface area contributed by atoms with Gasteiger partial charge in [-0.15, -0.1) is 11.3 Å². The van der Waals surface area contributed by atoms with Gasteiger partial charge in [0.1, 0.15) is 5.00 Å². The Morgan fingerprint density at radius 2 is 1.48 bits per heavy atom. The molecule has 3 aromatic carbocycles. The molecule has 11 heteroatoms. The van der Waals surface area contributed by atoms with E-state index < -0.39 is 11.4 Å². The molecule has 2 aliphatic carbocycles. The number of hydrogen-bond acceptors (Lipinski definition) is 7. The van der Waals surface area contributed by atoms with Gasteiger partial charge in [0.25, 0.3) is 11.8 Å². The number of carboxylic acid groups (broad SMARTS) is 1. The minimum absolute atomic E-state index is 0.0861. The summed E-state index contributed by atoms with van der Waals surface area (Å²) in [5, 5.41) is 15.9. The lowest BCUT2D eigenvalue weighted by Crippen LogP contribution is -2.36. The normalized spacial score (nSPS) is 13.8. The Hall–Kier alpha value is -5.29. The lowest BCUT2D eigenvalue weighted by molar-refractivity contribution is -0.141. The molecule has 54 heavy (non-hydrogen) atoms. The van der Waals surface area contributed by atoms with Crippen LogP contribution in [0.2, 0.25) is 0 Å². The lowest BCUT2D eigenvalue weighted by Gasteiger charge is -2.28. The largest absolute Gasteiger partial charge is 0.481 e. The van der Waals surface area contributed by atoms with Crippen LogP contribution in [-0.2, 0) is 46.6 Å². The van der Waals surface area contributed by atoms with E-state index in [1.807, 2.05) is 47.4 Å². The third kappa shape index (κ3) is 9.82. The van der Waals surface area contributed by atoms with Crippen molar-refractivity contribution in [1.82, 2.24) is 4.90 Å². The predicted octanol–water partition coefficient (Wildman–Crippen LogP) is 8.09. The molecule has 4 aromatic rings. The summed E-state index contributed by atoms with van der Waals surface area (Å²) in [6.45, 7) is 3.92. The van der Waals surface area contributed by atoms with Gasteiger partial charge in [0.05, 0.1) is 24.7 Å². The topological polar surface area (TPSA) is 142 Å². The Labute approximate surface area is 319 Å². The van der Waals surface area contributed by atoms with Crippen LogP contribution in [0.4, 0.5) is 10.7 Å². The van der Waals surface area contributed by atoms with Gasteiger partial charge in [-0.05, 0) is 115 Å². The quantitative estimate of drug-likeness (QED) is 0.104. The molecule has 2 aliphatic rings. The van der Waals surface area contributed by atoms with Crippen LogP contribution < -0.4 is 10.6 Å². The van der Waals surface area contributed by atoms with E-state index in [2.05, 4.69) is 10.6 Å². The first-order chi connectivity index (χ1) is 25.9. The van der Waals surface area contributed by atoms with E-state index >= 15 is 0 Å². The Morgan fingerprint density at radius 3 is 2.13 bits per heavy atom. The maximum absolute atomic E-state index is 13.9. The zero-order chi connectivity index (χ0) is 38.4. The maximum atomic E-state index is 13.9. The molecule has 1 fully saturated rings. The van der Waals surface area contributed by atoms with Crippen LogP contribution >= 0.6 is 11.3 Å². The monoisotopic (exact) mass is 749 g/mol. The summed E-state index contributed by atoms with van der Waals surface area (Å²) in [6, 6.07) is 22.5. The molecule has 0 spiro atoms. The van der Waals surface area contributed by atoms with Crippen LogP contribution in [-0.4, -0.2) is 52.8 Å². The Morgan fingerprint density at radius 1 is 0.815 bits per heavy atom. The van der Waals surface area contributed by atoms with E-state index in [0.717, 1.165) is 78.5 Å². The van der Waals surface area contributed by atoms with Gasteiger partial charge in [-0.3, -0.25) is 19.2 Å². The second-order valence-electron chi connectivity index (χ2n) is 15.1. The Bertz CT molecular complexity index is 2030. The van der Waals surface area contributed by atoms with Crippen LogP contribution in [0.5, 0.6) is 0 Å². The second kappa shape index (κ2) is 16.8. The van der Waals surface area contributed by atoms with Crippen molar-refractivity contribution in [3.05, 3.63) is 117 Å². The number of nitrogens with one attached hydrogen (secondary N) is 2. The van der Waals surface area contributed by atoms with Crippen molar-refractivity contribution in [2.75, 3.05) is 17.7 Å². The van der Waals surface area contributed by atoms with Gasteiger partial charge < -0.3 is 25.4 Å². The zero-order valence-electron chi connectivity index (χ0n) is 31.0. The summed E-state index contributed by atoms with van der Waals surface area (Å²) in [5.41, 5.74) is 5.45. The van der Waals surface area contributed by atoms with Crippen molar-refractivity contribution >= 4 is 51.7 Å². The number of methoxy groups -OCH3 is 1. The molecule has 0 aliphatic heterocycles. The standard InChI is InChI=1S/C43H47N3O7S/c1-43(2,25-37(48)49)24-36(47)46(33-21-22-33)26-29-7-6-8-31(23-29)39(50)45-41-38(34-9-4-5-10-35(34)54-41)40(51)44-32-19-15-28(16-20-32)12-11-27-13-17-30(18-14-27)42(52)53-3/h6-8,13-20,23,33H,4-5,9-12,21-22,24-26H2,1-3H3,(H,44,51)(H,45,50)(H,48,49). The van der Waals surface area contributed by atoms with Gasteiger partial charge >= 0.3 is 11.9 Å². The number of thiophene rings is 1. The third-order valence-corrected chi connectivity index (χ3v) is 11.2. The maximum Gasteiger partial charge on any atom is 0.337 e. The molecule has 10 nitrogen and oxygen atoms in total. The summed E-state index contributed by atoms with van der Waals surface area (Å²) in [6.07, 6.45) is 7.07. The van der Waals surface area contributed by atoms with Crippen molar-refractivity contribution in [3.8, 4) is 0 Å². The molecule has 3 amide bonds. The molecule has 1 heterocycles. The van der Waals surface area contributed by atoms with Crippen LogP contribution in [0.3, 0.4) is 0 Å². The highest BCUT2D eigenvalue weighted by Gasteiger charge is 2.36. The third-order valence-electron chi connectivity index (χ3n) is 10.0. The number of esters is 1. The van der Waals surface area contributed by atoms with Gasteiger partial charge in [-0.25, -0.2) is 4.79 Å². The number of anilines is 2. The number of rotatable bonds is 15. The van der Waals surface area contributed by atoms with E-state index in [-0.39, 0.29) is 42.6 Å². The molecular weight excluding hydrogens is 703 g/mol. The SMILES string of the molecule is COC(=O)c1ccc(CCc2ccc(NC(=O)c3c(NC(=O)c4cccc(CN(C(=O)CC(C)(C)CC(=O)O)C5CC5)c4)sc4c3CCCC4)cc2)cc1. The van der Waals surface area contributed by atoms with E-state index in [1.165, 1.54) is 18.4 Å². The smallest absolute Gasteiger partial charge is 0.337 e. The number of aliphatic carboxylic acids is 1. The number of carbonyl (C=O) groups is 5. The molecule has 0 atom stereocenters. The number of ether oxygens (including phenoxy) is 1. The first-order valence-corrected chi connectivity index (χ1v) is 19.3. The van der Waals surface area contributed by atoms with Gasteiger partial charge in [-0.2, -0.15) is 0 Å². The van der Waals surface area contributed by atoms with Crippen LogP contribution in [0.25, 0.3) is 0 Å². The fourth-order valence-electron chi connectivity index (χ4n) is 7.03. The van der Waals surface area contributed by atoms with E-state index in [1.54, 1.807) is 44.2 Å². The highest BCUT2D eigenvalue weighted by Crippen LogP contribution is 2.39. The highest BCUT2D eigenvalue weighted by atomic mass is 32.1. The van der Waals surface area contributed by atoms with Gasteiger partial charge in [0.2, 0.25) is 5.91 Å². The van der Waals surface area contributed by atoms with Crippen molar-refractivity contribution in [2.24, 2.45) is 5.41 Å². The van der Waals surface area contributed by atoms with Crippen molar-refractivity contribution in [1.29, 1.82) is 0 Å². The number of aryl methyl sites for hydroxylation is 3. The number of hydrogen-bond donors (Lipinski definition) is 3. The van der Waals surface area contributed by atoms with Crippen molar-refractivity contribution < 1.29 is 33.8 Å². The summed E-state index contributed by atoms with van der Waals surface area (Å²) in [7, 11) is 1.36. The molecule has 3 N–H and O–H groups in total. The van der Waals surface area contributed by atoms with Crippen molar-refractivity contribution in [2.45, 2.75) is 90.6 Å². The Kier molecular flexibility index (Phi) is 12.0. The van der Waals surface area contributed by atoms with E-state index in [9.17, 15) is 29.1 Å². The number of fused-ring (bicyclic) bond motifs is 1. The lowest BCUT2D eigenvalue weighted by atomic mass is 9.85. The molecule has 0 bridgehead atoms. The molecule has 0 unspecified atom stereocenters. The molecular formula is C43H47N3O7S. The fourth-order valence-corrected chi connectivity index (χ4v) is 8.31. The zero-order valence-corrected chi connectivity index (χ0v) is 31.9. The number of carbonyl (C=O) groups excluding carboxylic acids is 4. The number of amides is 3. The predicted molar refractivity (Wildman–Crippen MR) is 209 cm³/mol. The summed E-state index contributed by atoms with van der Waals surface area (Å²) in [4.78, 5) is 67.0. The minimum Gasteiger partial charge on any atom is -0.481 e. The minimum atomic E-state index is -0.930. The number of carboxylic acids is 1. The van der Waals surface area contributed by atoms with Crippen molar-refractivity contribution in [3.63, 3.8) is 0 Å².